The van der Waals surface area contributed by atoms with Gasteiger partial charge in [-0.25, -0.2) is 10.8 Å². The van der Waals surface area contributed by atoms with E-state index < -0.39 is 31.1 Å². The third kappa shape index (κ3) is 2.07. The maximum absolute atomic E-state index is 10.0. The second-order valence-corrected chi connectivity index (χ2v) is 4.63. The molecule has 11 nitrogen and oxygen atoms in total. The zero-order chi connectivity index (χ0) is 15.1. The van der Waals surface area contributed by atoms with Crippen LogP contribution in [-0.4, -0.2) is 59.8 Å². The van der Waals surface area contributed by atoms with Crippen LogP contribution >= 0.6 is 0 Å². The molecule has 21 heavy (non-hydrogen) atoms. The minimum atomic E-state index is -1.25. The summed E-state index contributed by atoms with van der Waals surface area (Å²) in [6, 6.07) is 0. The van der Waals surface area contributed by atoms with Crippen LogP contribution in [0.1, 0.15) is 6.23 Å². The van der Waals surface area contributed by atoms with Gasteiger partial charge in [0.15, 0.2) is 17.7 Å². The molecule has 1 aliphatic rings. The first kappa shape index (κ1) is 13.9. The molecule has 1 saturated heterocycles. The molecule has 0 bridgehead atoms. The molecule has 114 valence electrons. The van der Waals surface area contributed by atoms with Gasteiger partial charge in [0, 0.05) is 0 Å². The van der Waals surface area contributed by atoms with E-state index in [0.717, 1.165) is 0 Å². The Labute approximate surface area is 118 Å². The summed E-state index contributed by atoms with van der Waals surface area (Å²) in [5, 5.41) is 28.9. The summed E-state index contributed by atoms with van der Waals surface area (Å²) in [6.07, 6.45) is -2.96. The van der Waals surface area contributed by atoms with E-state index >= 15 is 0 Å². The maximum Gasteiger partial charge on any atom is 0.241 e. The number of hydrogen-bond donors (Lipinski definition) is 6. The van der Waals surface area contributed by atoms with E-state index in [-0.39, 0.29) is 17.4 Å². The van der Waals surface area contributed by atoms with Crippen molar-refractivity contribution in [3.63, 3.8) is 0 Å². The second kappa shape index (κ2) is 5.05. The van der Waals surface area contributed by atoms with Gasteiger partial charge in [0.05, 0.1) is 12.9 Å². The molecule has 0 saturated carbocycles. The zero-order valence-electron chi connectivity index (χ0n) is 10.8. The number of ether oxygens (including phenoxy) is 1. The number of imidazole rings is 1. The molecule has 0 amide bonds. The Morgan fingerprint density at radius 3 is 2.71 bits per heavy atom. The summed E-state index contributed by atoms with van der Waals surface area (Å²) in [6.45, 7) is -0.423. The number of aromatic nitrogens is 4. The maximum atomic E-state index is 10.0. The van der Waals surface area contributed by atoms with Crippen LogP contribution in [0.15, 0.2) is 6.33 Å². The molecule has 2 aromatic rings. The highest BCUT2D eigenvalue weighted by Gasteiger charge is 2.44. The molecule has 0 radical (unpaired) electrons. The van der Waals surface area contributed by atoms with Gasteiger partial charge < -0.3 is 25.8 Å². The number of hydrazine groups is 1. The molecule has 2 aromatic heterocycles. The predicted molar refractivity (Wildman–Crippen MR) is 70.6 cm³/mol. The van der Waals surface area contributed by atoms with E-state index in [1.54, 1.807) is 0 Å². The minimum absolute atomic E-state index is 0.0773. The number of nitrogen functional groups attached to an aromatic ring is 2. The van der Waals surface area contributed by atoms with Crippen LogP contribution in [0.3, 0.4) is 0 Å². The van der Waals surface area contributed by atoms with Crippen LogP contribution in [0.5, 0.6) is 0 Å². The number of rotatable bonds is 3. The molecule has 0 spiro atoms. The van der Waals surface area contributed by atoms with Crippen molar-refractivity contribution in [3.05, 3.63) is 6.33 Å². The summed E-state index contributed by atoms with van der Waals surface area (Å²) in [5.74, 6) is 5.45. The molecule has 8 N–H and O–H groups in total. The average Bonchev–Trinajstić information content (AvgIpc) is 3.02. The van der Waals surface area contributed by atoms with Gasteiger partial charge in [-0.2, -0.15) is 9.97 Å². The lowest BCUT2D eigenvalue weighted by Crippen LogP contribution is -2.33. The first-order chi connectivity index (χ1) is 10.1. The first-order valence-electron chi connectivity index (χ1n) is 6.16. The van der Waals surface area contributed by atoms with Crippen molar-refractivity contribution in [2.24, 2.45) is 5.84 Å². The van der Waals surface area contributed by atoms with Crippen molar-refractivity contribution >= 4 is 22.9 Å². The van der Waals surface area contributed by atoms with Gasteiger partial charge in [0.1, 0.15) is 23.8 Å². The molecular formula is C10H15N7O4. The number of aliphatic hydroxyl groups excluding tert-OH is 3. The van der Waals surface area contributed by atoms with Crippen LogP contribution in [0.2, 0.25) is 0 Å². The van der Waals surface area contributed by atoms with Crippen molar-refractivity contribution in [1.82, 2.24) is 19.5 Å². The van der Waals surface area contributed by atoms with Crippen LogP contribution < -0.4 is 17.0 Å². The summed E-state index contributed by atoms with van der Waals surface area (Å²) in [5.41, 5.74) is 8.61. The fourth-order valence-corrected chi connectivity index (χ4v) is 2.30. The molecule has 0 unspecified atom stereocenters. The van der Waals surface area contributed by atoms with Gasteiger partial charge in [-0.15, -0.1) is 0 Å². The molecule has 4 atom stereocenters. The van der Waals surface area contributed by atoms with Gasteiger partial charge in [0.2, 0.25) is 5.95 Å². The normalized spacial score (nSPS) is 29.1. The summed E-state index contributed by atoms with van der Waals surface area (Å²) < 4.78 is 6.82. The van der Waals surface area contributed by atoms with Crippen LogP contribution in [0.4, 0.5) is 11.8 Å². The van der Waals surface area contributed by atoms with E-state index in [4.69, 9.17) is 21.4 Å². The number of anilines is 2. The van der Waals surface area contributed by atoms with Crippen molar-refractivity contribution < 1.29 is 20.1 Å². The van der Waals surface area contributed by atoms with E-state index in [2.05, 4.69) is 20.4 Å². The number of fused-ring (bicyclic) bond motifs is 1. The number of nitrogens with zero attached hydrogens (tertiary/aromatic N) is 4. The standard InChI is InChI=1S/C10H15N7O4/c11-7-4-8(15-10(14-7)16-12)17(2-13-4)9-6(20)5(19)3(1-18)21-9/h2-3,5-6,9,18-20H,1,12H2,(H3,11,14,15,16)/t3-,5-,6-,9+/m1/s1. The number of nitrogens with two attached hydrogens (primary N) is 2. The third-order valence-corrected chi connectivity index (χ3v) is 3.37. The molecule has 1 aliphatic heterocycles. The number of nitrogens with one attached hydrogen (secondary N) is 1. The average molecular weight is 297 g/mol. The SMILES string of the molecule is NNc1nc(N)c2ncn([C@H]3O[C@H](CO)[C@@H](O)[C@H]3O)c2n1. The Hall–Kier alpha value is -2.05. The largest absolute Gasteiger partial charge is 0.394 e. The Morgan fingerprint density at radius 2 is 2.10 bits per heavy atom. The number of hydrogen-bond acceptors (Lipinski definition) is 10. The highest BCUT2D eigenvalue weighted by Crippen LogP contribution is 2.32. The molecule has 1 fully saturated rings. The van der Waals surface area contributed by atoms with Gasteiger partial charge in [-0.1, -0.05) is 0 Å². The molecular weight excluding hydrogens is 282 g/mol. The zero-order valence-corrected chi connectivity index (χ0v) is 10.8. The van der Waals surface area contributed by atoms with E-state index in [0.29, 0.717) is 5.52 Å². The van der Waals surface area contributed by atoms with E-state index in [9.17, 15) is 10.2 Å². The van der Waals surface area contributed by atoms with Crippen LogP contribution in [0, 0.1) is 0 Å². The smallest absolute Gasteiger partial charge is 0.241 e. The summed E-state index contributed by atoms with van der Waals surface area (Å²) in [7, 11) is 0. The molecule has 3 heterocycles. The number of aliphatic hydroxyl groups is 3. The summed E-state index contributed by atoms with van der Waals surface area (Å²) in [4.78, 5) is 12.1. The molecule has 0 aliphatic carbocycles. The fraction of sp³-hybridized carbons (Fsp3) is 0.500. The Bertz CT molecular complexity index is 662. The minimum Gasteiger partial charge on any atom is -0.394 e. The quantitative estimate of drug-likeness (QED) is 0.258. The molecule has 0 aromatic carbocycles. The first-order valence-corrected chi connectivity index (χ1v) is 6.16. The summed E-state index contributed by atoms with van der Waals surface area (Å²) >= 11 is 0. The Balaban J connectivity index is 2.07. The van der Waals surface area contributed by atoms with Crippen molar-refractivity contribution in [2.75, 3.05) is 17.8 Å². The lowest BCUT2D eigenvalue weighted by atomic mass is 10.1. The monoisotopic (exact) mass is 297 g/mol. The van der Waals surface area contributed by atoms with Crippen molar-refractivity contribution in [1.29, 1.82) is 0 Å². The van der Waals surface area contributed by atoms with Gasteiger partial charge in [-0.3, -0.25) is 9.99 Å². The molecule has 11 heteroatoms. The molecule has 3 rings (SSSR count). The van der Waals surface area contributed by atoms with E-state index in [1.165, 1.54) is 10.9 Å². The van der Waals surface area contributed by atoms with Crippen molar-refractivity contribution in [2.45, 2.75) is 24.5 Å². The van der Waals surface area contributed by atoms with Crippen molar-refractivity contribution in [3.8, 4) is 0 Å². The Morgan fingerprint density at radius 1 is 1.33 bits per heavy atom. The second-order valence-electron chi connectivity index (χ2n) is 4.63. The van der Waals surface area contributed by atoms with Gasteiger partial charge in [-0.05, 0) is 0 Å². The van der Waals surface area contributed by atoms with E-state index in [1.807, 2.05) is 0 Å². The highest BCUT2D eigenvalue weighted by atomic mass is 16.6. The Kier molecular flexibility index (Phi) is 3.35. The topological polar surface area (TPSA) is 178 Å². The lowest BCUT2D eigenvalue weighted by Gasteiger charge is -2.16. The fourth-order valence-electron chi connectivity index (χ4n) is 2.30. The van der Waals surface area contributed by atoms with Crippen LogP contribution in [-0.2, 0) is 4.74 Å². The van der Waals surface area contributed by atoms with Gasteiger partial charge in [0.25, 0.3) is 0 Å². The highest BCUT2D eigenvalue weighted by molar-refractivity contribution is 5.82. The third-order valence-electron chi connectivity index (χ3n) is 3.37. The van der Waals surface area contributed by atoms with Crippen LogP contribution in [0.25, 0.3) is 11.2 Å². The lowest BCUT2D eigenvalue weighted by molar-refractivity contribution is -0.0511. The van der Waals surface area contributed by atoms with Gasteiger partial charge >= 0.3 is 0 Å². The predicted octanol–water partition coefficient (Wildman–Crippen LogP) is -2.69.